The van der Waals surface area contributed by atoms with Crippen molar-refractivity contribution in [2.75, 3.05) is 6.54 Å². The standard InChI is InChI=1S/C17H25ClN2O/c1-13(15-10-6-7-11-16(15)18)19-12-17(21)20-14-8-4-2-3-5-9-14/h6-7,10-11,13-14,19H,2-5,8-9,12H2,1H3,(H,20,21)/t13-/m1/s1. The zero-order chi connectivity index (χ0) is 15.1. The van der Waals surface area contributed by atoms with Crippen LogP contribution < -0.4 is 10.6 Å². The van der Waals surface area contributed by atoms with E-state index in [1.165, 1.54) is 25.7 Å². The largest absolute Gasteiger partial charge is 0.352 e. The Morgan fingerprint density at radius 3 is 2.57 bits per heavy atom. The van der Waals surface area contributed by atoms with E-state index in [1.54, 1.807) is 0 Å². The zero-order valence-corrected chi connectivity index (χ0v) is 13.5. The molecule has 0 spiro atoms. The number of hydrogen-bond acceptors (Lipinski definition) is 2. The summed E-state index contributed by atoms with van der Waals surface area (Å²) < 4.78 is 0. The number of rotatable bonds is 5. The molecule has 0 radical (unpaired) electrons. The highest BCUT2D eigenvalue weighted by Crippen LogP contribution is 2.22. The molecule has 0 unspecified atom stereocenters. The van der Waals surface area contributed by atoms with Crippen LogP contribution in [0.1, 0.15) is 57.1 Å². The summed E-state index contributed by atoms with van der Waals surface area (Å²) in [5, 5.41) is 7.13. The van der Waals surface area contributed by atoms with Gasteiger partial charge in [-0.2, -0.15) is 0 Å². The van der Waals surface area contributed by atoms with Crippen molar-refractivity contribution >= 4 is 17.5 Å². The second-order valence-corrected chi connectivity index (χ2v) is 6.29. The van der Waals surface area contributed by atoms with Gasteiger partial charge >= 0.3 is 0 Å². The van der Waals surface area contributed by atoms with Crippen LogP contribution in [0.4, 0.5) is 0 Å². The number of benzene rings is 1. The van der Waals surface area contributed by atoms with Crippen molar-refractivity contribution in [3.05, 3.63) is 34.9 Å². The van der Waals surface area contributed by atoms with E-state index in [0.717, 1.165) is 23.4 Å². The first-order valence-corrected chi connectivity index (χ1v) is 8.32. The highest BCUT2D eigenvalue weighted by atomic mass is 35.5. The molecule has 0 aliphatic heterocycles. The molecular weight excluding hydrogens is 284 g/mol. The number of amides is 1. The monoisotopic (exact) mass is 308 g/mol. The summed E-state index contributed by atoms with van der Waals surface area (Å²) >= 11 is 6.17. The number of carbonyl (C=O) groups is 1. The van der Waals surface area contributed by atoms with Crippen LogP contribution in [0.25, 0.3) is 0 Å². The van der Waals surface area contributed by atoms with Crippen molar-refractivity contribution in [1.82, 2.24) is 10.6 Å². The van der Waals surface area contributed by atoms with E-state index < -0.39 is 0 Å². The fraction of sp³-hybridized carbons (Fsp3) is 0.588. The minimum atomic E-state index is 0.0681. The van der Waals surface area contributed by atoms with Crippen LogP contribution in [0.3, 0.4) is 0 Å². The van der Waals surface area contributed by atoms with Crippen molar-refractivity contribution in [3.8, 4) is 0 Å². The molecule has 4 heteroatoms. The van der Waals surface area contributed by atoms with Gasteiger partial charge in [0.05, 0.1) is 6.54 Å². The Morgan fingerprint density at radius 1 is 1.24 bits per heavy atom. The van der Waals surface area contributed by atoms with Crippen LogP contribution in [-0.2, 0) is 4.79 Å². The van der Waals surface area contributed by atoms with Crippen LogP contribution >= 0.6 is 11.6 Å². The lowest BCUT2D eigenvalue weighted by Crippen LogP contribution is -2.40. The van der Waals surface area contributed by atoms with E-state index in [9.17, 15) is 4.79 Å². The smallest absolute Gasteiger partial charge is 0.234 e. The summed E-state index contributed by atoms with van der Waals surface area (Å²) in [6.45, 7) is 2.36. The Hall–Kier alpha value is -1.06. The third-order valence-corrected chi connectivity index (χ3v) is 4.51. The first-order valence-electron chi connectivity index (χ1n) is 7.94. The van der Waals surface area contributed by atoms with Crippen LogP contribution in [0.5, 0.6) is 0 Å². The number of nitrogens with one attached hydrogen (secondary N) is 2. The molecule has 0 aromatic heterocycles. The van der Waals surface area contributed by atoms with Gasteiger partial charge in [0.1, 0.15) is 0 Å². The van der Waals surface area contributed by atoms with Gasteiger partial charge in [-0.15, -0.1) is 0 Å². The lowest BCUT2D eigenvalue weighted by Gasteiger charge is -2.19. The summed E-state index contributed by atoms with van der Waals surface area (Å²) in [5.41, 5.74) is 1.03. The normalized spacial score (nSPS) is 18.0. The first-order chi connectivity index (χ1) is 10.2. The Labute approximate surface area is 132 Å². The van der Waals surface area contributed by atoms with Crippen LogP contribution in [0.2, 0.25) is 5.02 Å². The van der Waals surface area contributed by atoms with Gasteiger partial charge in [0.2, 0.25) is 5.91 Å². The van der Waals surface area contributed by atoms with E-state index in [-0.39, 0.29) is 11.9 Å². The van der Waals surface area contributed by atoms with Crippen LogP contribution in [0, 0.1) is 0 Å². The van der Waals surface area contributed by atoms with E-state index in [0.29, 0.717) is 12.6 Å². The van der Waals surface area contributed by atoms with Crippen LogP contribution in [0.15, 0.2) is 24.3 Å². The Bertz CT molecular complexity index is 456. The molecule has 2 N–H and O–H groups in total. The van der Waals surface area contributed by atoms with Gasteiger partial charge in [-0.05, 0) is 31.4 Å². The molecule has 1 fully saturated rings. The fourth-order valence-corrected chi connectivity index (χ4v) is 3.18. The zero-order valence-electron chi connectivity index (χ0n) is 12.7. The predicted octanol–water partition coefficient (Wildman–Crippen LogP) is 3.83. The topological polar surface area (TPSA) is 41.1 Å². The third-order valence-electron chi connectivity index (χ3n) is 4.16. The maximum atomic E-state index is 12.0. The Balaban J connectivity index is 1.76. The molecule has 1 aromatic carbocycles. The van der Waals surface area contributed by atoms with E-state index >= 15 is 0 Å². The van der Waals surface area contributed by atoms with Gasteiger partial charge in [0.15, 0.2) is 0 Å². The molecule has 21 heavy (non-hydrogen) atoms. The molecule has 1 aromatic rings. The maximum Gasteiger partial charge on any atom is 0.234 e. The molecular formula is C17H25ClN2O. The van der Waals surface area contributed by atoms with Gasteiger partial charge in [-0.1, -0.05) is 55.5 Å². The predicted molar refractivity (Wildman–Crippen MR) is 87.5 cm³/mol. The SMILES string of the molecule is C[C@@H](NCC(=O)NC1CCCCCC1)c1ccccc1Cl. The van der Waals surface area contributed by atoms with Crippen LogP contribution in [-0.4, -0.2) is 18.5 Å². The average Bonchev–Trinajstić information content (AvgIpc) is 2.74. The second-order valence-electron chi connectivity index (χ2n) is 5.88. The quantitative estimate of drug-likeness (QED) is 0.812. The van der Waals surface area contributed by atoms with Gasteiger partial charge in [-0.3, -0.25) is 4.79 Å². The molecule has 2 rings (SSSR count). The number of hydrogen-bond donors (Lipinski definition) is 2. The highest BCUT2D eigenvalue weighted by Gasteiger charge is 2.15. The highest BCUT2D eigenvalue weighted by molar-refractivity contribution is 6.31. The van der Waals surface area contributed by atoms with Crippen molar-refractivity contribution < 1.29 is 4.79 Å². The van der Waals surface area contributed by atoms with Gasteiger partial charge in [0, 0.05) is 17.1 Å². The maximum absolute atomic E-state index is 12.0. The molecule has 1 atom stereocenters. The lowest BCUT2D eigenvalue weighted by molar-refractivity contribution is -0.121. The lowest BCUT2D eigenvalue weighted by atomic mass is 10.1. The van der Waals surface area contributed by atoms with Gasteiger partial charge in [0.25, 0.3) is 0 Å². The first kappa shape index (κ1) is 16.3. The Morgan fingerprint density at radius 2 is 1.90 bits per heavy atom. The average molecular weight is 309 g/mol. The second kappa shape index (κ2) is 8.40. The van der Waals surface area contributed by atoms with E-state index in [1.807, 2.05) is 31.2 Å². The Kier molecular flexibility index (Phi) is 6.52. The van der Waals surface area contributed by atoms with Crippen molar-refractivity contribution in [3.63, 3.8) is 0 Å². The van der Waals surface area contributed by atoms with Gasteiger partial charge < -0.3 is 10.6 Å². The molecule has 0 bridgehead atoms. The molecule has 116 valence electrons. The molecule has 1 saturated carbocycles. The summed E-state index contributed by atoms with van der Waals surface area (Å²) in [4.78, 5) is 12.0. The molecule has 0 saturated heterocycles. The summed E-state index contributed by atoms with van der Waals surface area (Å²) in [7, 11) is 0. The van der Waals surface area contributed by atoms with Crippen molar-refractivity contribution in [2.24, 2.45) is 0 Å². The van der Waals surface area contributed by atoms with E-state index in [4.69, 9.17) is 11.6 Å². The molecule has 1 amide bonds. The minimum Gasteiger partial charge on any atom is -0.352 e. The molecule has 3 nitrogen and oxygen atoms in total. The molecule has 1 aliphatic rings. The summed E-state index contributed by atoms with van der Waals surface area (Å²) in [6.07, 6.45) is 7.29. The summed E-state index contributed by atoms with van der Waals surface area (Å²) in [6, 6.07) is 8.17. The fourth-order valence-electron chi connectivity index (χ4n) is 2.88. The summed E-state index contributed by atoms with van der Waals surface area (Å²) in [5.74, 6) is 0.0841. The van der Waals surface area contributed by atoms with Gasteiger partial charge in [-0.25, -0.2) is 0 Å². The molecule has 1 aliphatic carbocycles. The number of carbonyl (C=O) groups excluding carboxylic acids is 1. The third kappa shape index (κ3) is 5.33. The minimum absolute atomic E-state index is 0.0681. The number of halogens is 1. The van der Waals surface area contributed by atoms with Crippen molar-refractivity contribution in [1.29, 1.82) is 0 Å². The van der Waals surface area contributed by atoms with E-state index in [2.05, 4.69) is 10.6 Å². The van der Waals surface area contributed by atoms with Crippen molar-refractivity contribution in [2.45, 2.75) is 57.5 Å². The molecule has 0 heterocycles.